The lowest BCUT2D eigenvalue weighted by atomic mass is 10.1. The number of nitrogens with zero attached hydrogens (tertiary/aromatic N) is 2. The van der Waals surface area contributed by atoms with Crippen LogP contribution in [-0.4, -0.2) is 26.7 Å². The Labute approximate surface area is 166 Å². The first-order valence-electron chi connectivity index (χ1n) is 8.65. The third kappa shape index (κ3) is 3.77. The molecule has 3 aromatic rings. The normalized spacial score (nSPS) is 12.0. The monoisotopic (exact) mass is 396 g/mol. The number of urea groups is 1. The minimum Gasteiger partial charge on any atom is -0.351 e. The van der Waals surface area contributed by atoms with Crippen molar-refractivity contribution in [3.8, 4) is 5.69 Å². The number of hydrogen-bond donors (Lipinski definition) is 2. The molecule has 0 aliphatic heterocycles. The van der Waals surface area contributed by atoms with Crippen LogP contribution in [0.25, 0.3) is 16.6 Å². The van der Waals surface area contributed by atoms with E-state index >= 15 is 0 Å². The van der Waals surface area contributed by atoms with Gasteiger partial charge in [0, 0.05) is 0 Å². The molecule has 1 unspecified atom stereocenters. The van der Waals surface area contributed by atoms with Crippen molar-refractivity contribution in [2.24, 2.45) is 5.73 Å². The third-order valence-corrected chi connectivity index (χ3v) is 5.36. The summed E-state index contributed by atoms with van der Waals surface area (Å²) < 4.78 is 1.53. The van der Waals surface area contributed by atoms with E-state index in [4.69, 9.17) is 5.73 Å². The average molecular weight is 396 g/mol. The summed E-state index contributed by atoms with van der Waals surface area (Å²) in [5.41, 5.74) is 7.92. The zero-order valence-electron chi connectivity index (χ0n) is 15.7. The number of nitrogens with one attached hydrogen (secondary N) is 1. The Kier molecular flexibility index (Phi) is 5.51. The van der Waals surface area contributed by atoms with Crippen LogP contribution in [0.2, 0.25) is 0 Å². The first kappa shape index (κ1) is 19.6. The summed E-state index contributed by atoms with van der Waals surface area (Å²) in [6.45, 7) is 5.46. The van der Waals surface area contributed by atoms with Crippen molar-refractivity contribution >= 4 is 34.6 Å². The highest BCUT2D eigenvalue weighted by Gasteiger charge is 2.22. The number of rotatable bonds is 4. The number of benzene rings is 2. The SMILES string of the molecule is Cc1cccc(C)c1-n1c(SC(C)C(=O)NC(N)=O)nc2ccccc2c1=O. The summed E-state index contributed by atoms with van der Waals surface area (Å²) in [6.07, 6.45) is 0. The molecule has 3 rings (SSSR count). The zero-order valence-corrected chi connectivity index (χ0v) is 16.5. The zero-order chi connectivity index (χ0) is 20.4. The lowest BCUT2D eigenvalue weighted by Crippen LogP contribution is -2.39. The van der Waals surface area contributed by atoms with Crippen LogP contribution in [0.4, 0.5) is 4.79 Å². The van der Waals surface area contributed by atoms with Gasteiger partial charge in [0.05, 0.1) is 21.8 Å². The van der Waals surface area contributed by atoms with E-state index in [0.29, 0.717) is 16.1 Å². The van der Waals surface area contributed by atoms with Gasteiger partial charge in [-0.25, -0.2) is 9.78 Å². The third-order valence-electron chi connectivity index (χ3n) is 4.31. The number of fused-ring (bicyclic) bond motifs is 1. The Bertz CT molecular complexity index is 1120. The van der Waals surface area contributed by atoms with Gasteiger partial charge in [0.25, 0.3) is 5.56 Å². The van der Waals surface area contributed by atoms with Crippen LogP contribution < -0.4 is 16.6 Å². The van der Waals surface area contributed by atoms with Gasteiger partial charge in [-0.15, -0.1) is 0 Å². The quantitative estimate of drug-likeness (QED) is 0.521. The maximum atomic E-state index is 13.3. The molecule has 0 spiro atoms. The first-order chi connectivity index (χ1) is 13.3. The van der Waals surface area contributed by atoms with E-state index in [2.05, 4.69) is 10.3 Å². The molecule has 3 N–H and O–H groups in total. The molecule has 1 atom stereocenters. The molecule has 8 heteroatoms. The molecule has 3 amide bonds. The number of carbonyl (C=O) groups excluding carboxylic acids is 2. The molecule has 28 heavy (non-hydrogen) atoms. The van der Waals surface area contributed by atoms with Crippen molar-refractivity contribution in [3.05, 3.63) is 63.9 Å². The van der Waals surface area contributed by atoms with E-state index in [9.17, 15) is 14.4 Å². The predicted octanol–water partition coefficient (Wildman–Crippen LogP) is 2.68. The van der Waals surface area contributed by atoms with Gasteiger partial charge < -0.3 is 5.73 Å². The van der Waals surface area contributed by atoms with Crippen LogP contribution >= 0.6 is 11.8 Å². The van der Waals surface area contributed by atoms with Crippen molar-refractivity contribution in [2.45, 2.75) is 31.2 Å². The van der Waals surface area contributed by atoms with Gasteiger partial charge in [0.1, 0.15) is 0 Å². The minimum absolute atomic E-state index is 0.215. The highest BCUT2D eigenvalue weighted by Crippen LogP contribution is 2.27. The summed E-state index contributed by atoms with van der Waals surface area (Å²) in [6, 6.07) is 11.9. The number of amides is 3. The summed E-state index contributed by atoms with van der Waals surface area (Å²) in [5.74, 6) is -0.548. The molecule has 0 aliphatic rings. The molecule has 0 radical (unpaired) electrons. The molecule has 7 nitrogen and oxygen atoms in total. The van der Waals surface area contributed by atoms with Crippen LogP contribution in [-0.2, 0) is 4.79 Å². The van der Waals surface area contributed by atoms with E-state index in [0.717, 1.165) is 28.6 Å². The molecular weight excluding hydrogens is 376 g/mol. The smallest absolute Gasteiger partial charge is 0.318 e. The van der Waals surface area contributed by atoms with Crippen molar-refractivity contribution in [1.82, 2.24) is 14.9 Å². The minimum atomic E-state index is -0.920. The van der Waals surface area contributed by atoms with Gasteiger partial charge in [-0.2, -0.15) is 0 Å². The molecule has 1 heterocycles. The van der Waals surface area contributed by atoms with Gasteiger partial charge >= 0.3 is 6.03 Å². The second-order valence-corrected chi connectivity index (χ2v) is 7.71. The van der Waals surface area contributed by atoms with E-state index in [1.54, 1.807) is 31.2 Å². The Balaban J connectivity index is 2.22. The van der Waals surface area contributed by atoms with Crippen LogP contribution in [0.1, 0.15) is 18.1 Å². The molecule has 0 aliphatic carbocycles. The number of hydrogen-bond acceptors (Lipinski definition) is 5. The second kappa shape index (κ2) is 7.85. The van der Waals surface area contributed by atoms with E-state index in [1.165, 1.54) is 4.57 Å². The van der Waals surface area contributed by atoms with Gasteiger partial charge in [-0.05, 0) is 44.0 Å². The molecular formula is C20H20N4O3S. The largest absolute Gasteiger partial charge is 0.351 e. The van der Waals surface area contributed by atoms with Crippen molar-refractivity contribution in [3.63, 3.8) is 0 Å². The average Bonchev–Trinajstić information content (AvgIpc) is 2.63. The molecule has 1 aromatic heterocycles. The lowest BCUT2D eigenvalue weighted by molar-refractivity contribution is -0.119. The maximum Gasteiger partial charge on any atom is 0.318 e. The summed E-state index contributed by atoms with van der Waals surface area (Å²) in [7, 11) is 0. The second-order valence-electron chi connectivity index (χ2n) is 6.41. The van der Waals surface area contributed by atoms with Gasteiger partial charge in [-0.1, -0.05) is 42.1 Å². The molecule has 144 valence electrons. The number of para-hydroxylation sites is 2. The number of carbonyl (C=O) groups is 2. The van der Waals surface area contributed by atoms with Crippen molar-refractivity contribution < 1.29 is 9.59 Å². The van der Waals surface area contributed by atoms with Crippen LogP contribution in [0.3, 0.4) is 0 Å². The number of imide groups is 1. The van der Waals surface area contributed by atoms with E-state index in [1.807, 2.05) is 32.0 Å². The van der Waals surface area contributed by atoms with E-state index in [-0.39, 0.29) is 5.56 Å². The Morgan fingerprint density at radius 3 is 2.39 bits per heavy atom. The standard InChI is InChI=1S/C20H20N4O3S/c1-11-7-6-8-12(2)16(11)24-18(26)14-9-4-5-10-15(14)22-20(24)28-13(3)17(25)23-19(21)27/h4-10,13H,1-3H3,(H3,21,23,25,27). The summed E-state index contributed by atoms with van der Waals surface area (Å²) in [5, 5.41) is 2.23. The summed E-state index contributed by atoms with van der Waals surface area (Å²) in [4.78, 5) is 41.1. The molecule has 0 bridgehead atoms. The Hall–Kier alpha value is -3.13. The van der Waals surface area contributed by atoms with Crippen molar-refractivity contribution in [1.29, 1.82) is 0 Å². The Morgan fingerprint density at radius 1 is 1.11 bits per heavy atom. The number of aryl methyl sites for hydroxylation is 2. The fraction of sp³-hybridized carbons (Fsp3) is 0.200. The summed E-state index contributed by atoms with van der Waals surface area (Å²) >= 11 is 1.09. The molecule has 0 saturated heterocycles. The fourth-order valence-corrected chi connectivity index (χ4v) is 3.89. The maximum absolute atomic E-state index is 13.3. The van der Waals surface area contributed by atoms with E-state index < -0.39 is 17.2 Å². The number of thioether (sulfide) groups is 1. The highest BCUT2D eigenvalue weighted by molar-refractivity contribution is 8.00. The van der Waals surface area contributed by atoms with Crippen LogP contribution in [0, 0.1) is 13.8 Å². The lowest BCUT2D eigenvalue weighted by Gasteiger charge is -2.18. The van der Waals surface area contributed by atoms with Gasteiger partial charge in [-0.3, -0.25) is 19.5 Å². The van der Waals surface area contributed by atoms with Crippen LogP contribution in [0.15, 0.2) is 52.4 Å². The van der Waals surface area contributed by atoms with Crippen molar-refractivity contribution in [2.75, 3.05) is 0 Å². The molecule has 0 saturated carbocycles. The Morgan fingerprint density at radius 2 is 1.75 bits per heavy atom. The number of primary amides is 1. The topological polar surface area (TPSA) is 107 Å². The number of aromatic nitrogens is 2. The molecule has 2 aromatic carbocycles. The highest BCUT2D eigenvalue weighted by atomic mass is 32.2. The predicted molar refractivity (Wildman–Crippen MR) is 110 cm³/mol. The van der Waals surface area contributed by atoms with Crippen LogP contribution in [0.5, 0.6) is 0 Å². The first-order valence-corrected chi connectivity index (χ1v) is 9.53. The fourth-order valence-electron chi connectivity index (χ4n) is 2.98. The number of nitrogens with two attached hydrogens (primary N) is 1. The molecule has 0 fully saturated rings. The van der Waals surface area contributed by atoms with Gasteiger partial charge in [0.15, 0.2) is 5.16 Å². The van der Waals surface area contributed by atoms with Gasteiger partial charge in [0.2, 0.25) is 5.91 Å².